The van der Waals surface area contributed by atoms with Gasteiger partial charge in [-0.2, -0.15) is 0 Å². The number of carbonyl (C=O) groups is 1. The Hall–Kier alpha value is -2.78. The highest BCUT2D eigenvalue weighted by molar-refractivity contribution is 5.74. The molecule has 0 radical (unpaired) electrons. The summed E-state index contributed by atoms with van der Waals surface area (Å²) in [5, 5.41) is 0. The number of carbonyl (C=O) groups excluding carboxylic acids is 1. The summed E-state index contributed by atoms with van der Waals surface area (Å²) in [6.45, 7) is 0.156. The van der Waals surface area contributed by atoms with Crippen LogP contribution in [-0.2, 0) is 30.2 Å². The summed E-state index contributed by atoms with van der Waals surface area (Å²) in [7, 11) is 2.88. The van der Waals surface area contributed by atoms with Crippen LogP contribution >= 0.6 is 0 Å². The van der Waals surface area contributed by atoms with Crippen LogP contribution in [0.3, 0.4) is 0 Å². The fraction of sp³-hybridized carbons (Fsp3) is 0.353. The Bertz CT molecular complexity index is 935. The van der Waals surface area contributed by atoms with Crippen molar-refractivity contribution in [1.29, 1.82) is 0 Å². The van der Waals surface area contributed by atoms with Crippen molar-refractivity contribution in [2.24, 2.45) is 20.0 Å². The molecule has 1 fully saturated rings. The number of nitrogens with zero attached hydrogens (tertiary/aromatic N) is 2. The summed E-state index contributed by atoms with van der Waals surface area (Å²) in [5.41, 5.74) is 5.98. The predicted molar refractivity (Wildman–Crippen MR) is 90.5 cm³/mol. The van der Waals surface area contributed by atoms with E-state index in [4.69, 9.17) is 4.74 Å². The molecule has 1 aromatic carbocycles. The van der Waals surface area contributed by atoms with Crippen LogP contribution in [0.15, 0.2) is 39.9 Å². The number of hydrogen-bond donors (Lipinski definition) is 2. The summed E-state index contributed by atoms with van der Waals surface area (Å²) in [4.78, 5) is 36.1. The Morgan fingerprint density at radius 2 is 1.92 bits per heavy atom. The molecule has 0 amide bonds. The third-order valence-corrected chi connectivity index (χ3v) is 4.50. The van der Waals surface area contributed by atoms with Crippen molar-refractivity contribution in [3.05, 3.63) is 68.2 Å². The van der Waals surface area contributed by atoms with Crippen LogP contribution < -0.4 is 22.1 Å². The number of benzene rings is 1. The van der Waals surface area contributed by atoms with Gasteiger partial charge in [0.1, 0.15) is 12.4 Å². The number of ether oxygens (including phenoxy) is 1. The molecule has 0 aliphatic carbocycles. The van der Waals surface area contributed by atoms with Gasteiger partial charge in [0.2, 0.25) is 0 Å². The van der Waals surface area contributed by atoms with E-state index in [0.29, 0.717) is 12.2 Å². The third kappa shape index (κ3) is 3.44. The molecular formula is C17H19FN4O4. The Balaban J connectivity index is 1.73. The maximum atomic E-state index is 13.1. The zero-order valence-electron chi connectivity index (χ0n) is 14.4. The lowest BCUT2D eigenvalue weighted by molar-refractivity contribution is -0.150. The van der Waals surface area contributed by atoms with Crippen LogP contribution in [-0.4, -0.2) is 21.6 Å². The molecule has 2 aromatic rings. The molecule has 1 aromatic heterocycles. The van der Waals surface area contributed by atoms with Crippen LogP contribution in [0.25, 0.3) is 0 Å². The van der Waals surface area contributed by atoms with Gasteiger partial charge in [0.25, 0.3) is 5.56 Å². The van der Waals surface area contributed by atoms with Crippen LogP contribution in [0.2, 0.25) is 0 Å². The van der Waals surface area contributed by atoms with E-state index in [0.717, 1.165) is 10.1 Å². The molecule has 138 valence electrons. The van der Waals surface area contributed by atoms with Crippen LogP contribution in [0.1, 0.15) is 17.3 Å². The lowest BCUT2D eigenvalue weighted by atomic mass is 9.95. The normalized spacial score (nSPS) is 19.5. The van der Waals surface area contributed by atoms with Crippen molar-refractivity contribution in [2.75, 3.05) is 6.54 Å². The van der Waals surface area contributed by atoms with Crippen molar-refractivity contribution in [2.45, 2.75) is 12.6 Å². The molecule has 9 heteroatoms. The van der Waals surface area contributed by atoms with Gasteiger partial charge < -0.3 is 4.74 Å². The molecule has 2 N–H and O–H groups in total. The first-order valence-corrected chi connectivity index (χ1v) is 8.05. The molecule has 3 rings (SSSR count). The average Bonchev–Trinajstić information content (AvgIpc) is 3.12. The second-order valence-electron chi connectivity index (χ2n) is 6.14. The van der Waals surface area contributed by atoms with Gasteiger partial charge in [-0.3, -0.25) is 24.1 Å². The summed E-state index contributed by atoms with van der Waals surface area (Å²) < 4.78 is 20.6. The van der Waals surface area contributed by atoms with Gasteiger partial charge in [-0.05, 0) is 17.7 Å². The first-order valence-electron chi connectivity index (χ1n) is 8.05. The molecule has 0 saturated carbocycles. The van der Waals surface area contributed by atoms with Gasteiger partial charge in [-0.25, -0.2) is 14.6 Å². The third-order valence-electron chi connectivity index (χ3n) is 4.50. The number of hydrazine groups is 1. The van der Waals surface area contributed by atoms with E-state index in [2.05, 4.69) is 10.9 Å². The van der Waals surface area contributed by atoms with Crippen molar-refractivity contribution >= 4 is 5.97 Å². The molecule has 1 aliphatic rings. The fourth-order valence-corrected chi connectivity index (χ4v) is 2.87. The Labute approximate surface area is 148 Å². The van der Waals surface area contributed by atoms with E-state index < -0.39 is 23.1 Å². The van der Waals surface area contributed by atoms with E-state index in [-0.39, 0.29) is 18.5 Å². The number of halogens is 1. The molecule has 1 saturated heterocycles. The first-order chi connectivity index (χ1) is 12.4. The SMILES string of the molecule is Cn1c(COC(=O)C2CNNC2c2ccc(F)cc2)cc(=O)n(C)c1=O. The zero-order chi connectivity index (χ0) is 18.8. The Kier molecular flexibility index (Phi) is 5.01. The van der Waals surface area contributed by atoms with Gasteiger partial charge in [0.15, 0.2) is 0 Å². The monoisotopic (exact) mass is 362 g/mol. The van der Waals surface area contributed by atoms with E-state index in [9.17, 15) is 18.8 Å². The lowest BCUT2D eigenvalue weighted by Crippen LogP contribution is -2.38. The highest BCUT2D eigenvalue weighted by atomic mass is 19.1. The van der Waals surface area contributed by atoms with Crippen LogP contribution in [0.4, 0.5) is 4.39 Å². The van der Waals surface area contributed by atoms with E-state index >= 15 is 0 Å². The second kappa shape index (κ2) is 7.22. The van der Waals surface area contributed by atoms with Gasteiger partial charge >= 0.3 is 11.7 Å². The second-order valence-corrected chi connectivity index (χ2v) is 6.14. The zero-order valence-corrected chi connectivity index (χ0v) is 14.4. The smallest absolute Gasteiger partial charge is 0.330 e. The summed E-state index contributed by atoms with van der Waals surface area (Å²) in [6.07, 6.45) is 0. The molecule has 0 bridgehead atoms. The number of aromatic nitrogens is 2. The first kappa shape index (κ1) is 18.0. The largest absolute Gasteiger partial charge is 0.459 e. The molecule has 2 unspecified atom stereocenters. The number of nitrogens with one attached hydrogen (secondary N) is 2. The molecule has 0 spiro atoms. The predicted octanol–water partition coefficient (Wildman–Crippen LogP) is -0.268. The van der Waals surface area contributed by atoms with Crippen molar-refractivity contribution in [3.8, 4) is 0 Å². The topological polar surface area (TPSA) is 94.4 Å². The van der Waals surface area contributed by atoms with Crippen molar-refractivity contribution in [3.63, 3.8) is 0 Å². The van der Waals surface area contributed by atoms with E-state index in [1.165, 1.54) is 36.9 Å². The number of rotatable bonds is 4. The van der Waals surface area contributed by atoms with Gasteiger partial charge in [0.05, 0.1) is 17.7 Å². The number of esters is 1. The highest BCUT2D eigenvalue weighted by Gasteiger charge is 2.35. The molecule has 2 atom stereocenters. The lowest BCUT2D eigenvalue weighted by Gasteiger charge is -2.18. The molecule has 26 heavy (non-hydrogen) atoms. The molecular weight excluding hydrogens is 343 g/mol. The Morgan fingerprint density at radius 1 is 1.23 bits per heavy atom. The van der Waals surface area contributed by atoms with Gasteiger partial charge in [-0.1, -0.05) is 12.1 Å². The maximum absolute atomic E-state index is 13.1. The van der Waals surface area contributed by atoms with Gasteiger partial charge in [0, 0.05) is 26.7 Å². The minimum absolute atomic E-state index is 0.187. The Morgan fingerprint density at radius 3 is 2.62 bits per heavy atom. The average molecular weight is 362 g/mol. The standard InChI is InChI=1S/C17H19FN4O4/c1-21-12(7-14(23)22(2)17(21)25)9-26-16(24)13-8-19-20-15(13)10-3-5-11(18)6-4-10/h3-7,13,15,19-20H,8-9H2,1-2H3. The summed E-state index contributed by atoms with van der Waals surface area (Å²) in [5.74, 6) is -1.36. The van der Waals surface area contributed by atoms with Crippen LogP contribution in [0, 0.1) is 11.7 Å². The van der Waals surface area contributed by atoms with Gasteiger partial charge in [-0.15, -0.1) is 0 Å². The molecule has 8 nitrogen and oxygen atoms in total. The van der Waals surface area contributed by atoms with Crippen molar-refractivity contribution < 1.29 is 13.9 Å². The quantitative estimate of drug-likeness (QED) is 0.728. The number of hydrogen-bond acceptors (Lipinski definition) is 6. The van der Waals surface area contributed by atoms with E-state index in [1.807, 2.05) is 0 Å². The molecule has 2 heterocycles. The minimum atomic E-state index is -0.524. The van der Waals surface area contributed by atoms with E-state index in [1.54, 1.807) is 12.1 Å². The summed E-state index contributed by atoms with van der Waals surface area (Å²) >= 11 is 0. The van der Waals surface area contributed by atoms with Crippen LogP contribution in [0.5, 0.6) is 0 Å². The minimum Gasteiger partial charge on any atom is -0.459 e. The van der Waals surface area contributed by atoms with Crippen molar-refractivity contribution in [1.82, 2.24) is 20.0 Å². The summed E-state index contributed by atoms with van der Waals surface area (Å²) in [6, 6.07) is 6.75. The molecule has 1 aliphatic heterocycles. The fourth-order valence-electron chi connectivity index (χ4n) is 2.87. The maximum Gasteiger partial charge on any atom is 0.330 e. The highest BCUT2D eigenvalue weighted by Crippen LogP contribution is 2.26.